The van der Waals surface area contributed by atoms with E-state index in [1.807, 2.05) is 25.3 Å². The Balaban J connectivity index is 1.63. The number of piperidine rings is 1. The maximum absolute atomic E-state index is 13.7. The highest BCUT2D eigenvalue weighted by molar-refractivity contribution is 8.26. The Kier molecular flexibility index (Phi) is 6.07. The molecule has 4 heterocycles. The Morgan fingerprint density at radius 2 is 1.82 bits per heavy atom. The van der Waals surface area contributed by atoms with Gasteiger partial charge in [0.25, 0.3) is 11.5 Å². The zero-order valence-electron chi connectivity index (χ0n) is 19.4. The van der Waals surface area contributed by atoms with Gasteiger partial charge in [-0.25, -0.2) is 4.98 Å². The molecule has 2 aromatic rings. The molecular weight excluding hydrogens is 452 g/mol. The summed E-state index contributed by atoms with van der Waals surface area (Å²) in [7, 11) is 0. The number of hydrogen-bond donors (Lipinski definition) is 0. The van der Waals surface area contributed by atoms with E-state index in [-0.39, 0.29) is 17.5 Å². The molecule has 1 saturated carbocycles. The molecule has 5 rings (SSSR count). The number of thioether (sulfide) groups is 1. The van der Waals surface area contributed by atoms with Crippen LogP contribution in [0.4, 0.5) is 5.82 Å². The molecule has 8 heteroatoms. The van der Waals surface area contributed by atoms with Crippen LogP contribution in [0.3, 0.4) is 0 Å². The highest BCUT2D eigenvalue weighted by Gasteiger charge is 2.38. The highest BCUT2D eigenvalue weighted by atomic mass is 32.2. The molecular formula is C25H30N4O2S2. The highest BCUT2D eigenvalue weighted by Crippen LogP contribution is 2.38. The van der Waals surface area contributed by atoms with Gasteiger partial charge in [0, 0.05) is 25.3 Å². The normalized spacial score (nSPS) is 25.7. The largest absolute Gasteiger partial charge is 0.355 e. The number of fused-ring (bicyclic) bond motifs is 1. The van der Waals surface area contributed by atoms with Crippen LogP contribution in [0.1, 0.15) is 57.1 Å². The van der Waals surface area contributed by atoms with Gasteiger partial charge in [-0.1, -0.05) is 56.7 Å². The van der Waals surface area contributed by atoms with Crippen LogP contribution in [0.15, 0.2) is 28.0 Å². The molecule has 3 aliphatic rings. The lowest BCUT2D eigenvalue weighted by Gasteiger charge is -2.36. The summed E-state index contributed by atoms with van der Waals surface area (Å²) >= 11 is 6.89. The fourth-order valence-electron chi connectivity index (χ4n) is 5.54. The van der Waals surface area contributed by atoms with Crippen molar-refractivity contribution in [3.05, 3.63) is 44.7 Å². The lowest BCUT2D eigenvalue weighted by molar-refractivity contribution is -0.123. The summed E-state index contributed by atoms with van der Waals surface area (Å²) in [6, 6.07) is 4.05. The number of carbonyl (C=O) groups is 1. The SMILES string of the molecule is Cc1ccc2nc(N3CC(C)CC(C)C3)c(/C=C3\SC(=S)N(C4CCCC4)C3=O)c(=O)n2c1. The van der Waals surface area contributed by atoms with Gasteiger partial charge >= 0.3 is 0 Å². The molecule has 6 nitrogen and oxygen atoms in total. The summed E-state index contributed by atoms with van der Waals surface area (Å²) < 4.78 is 2.20. The van der Waals surface area contributed by atoms with Crippen LogP contribution in [-0.4, -0.2) is 43.6 Å². The summed E-state index contributed by atoms with van der Waals surface area (Å²) in [5, 5.41) is 0. The summed E-state index contributed by atoms with van der Waals surface area (Å²) in [6.45, 7) is 8.14. The quantitative estimate of drug-likeness (QED) is 0.470. The number of nitrogens with zero attached hydrogens (tertiary/aromatic N) is 4. The monoisotopic (exact) mass is 482 g/mol. The summed E-state index contributed by atoms with van der Waals surface area (Å²) in [5.41, 5.74) is 1.95. The second kappa shape index (κ2) is 8.87. The smallest absolute Gasteiger partial charge is 0.267 e. The van der Waals surface area contributed by atoms with Crippen LogP contribution in [-0.2, 0) is 4.79 Å². The van der Waals surface area contributed by atoms with Crippen molar-refractivity contribution in [3.63, 3.8) is 0 Å². The zero-order valence-corrected chi connectivity index (χ0v) is 21.0. The minimum absolute atomic E-state index is 0.0723. The van der Waals surface area contributed by atoms with Crippen molar-refractivity contribution in [1.82, 2.24) is 14.3 Å². The predicted molar refractivity (Wildman–Crippen MR) is 139 cm³/mol. The number of aryl methyl sites for hydroxylation is 1. The molecule has 33 heavy (non-hydrogen) atoms. The van der Waals surface area contributed by atoms with E-state index >= 15 is 0 Å². The molecule has 1 aliphatic carbocycles. The molecule has 0 N–H and O–H groups in total. The first-order valence-electron chi connectivity index (χ1n) is 11.9. The van der Waals surface area contributed by atoms with Crippen molar-refractivity contribution in [2.24, 2.45) is 11.8 Å². The van der Waals surface area contributed by atoms with Crippen LogP contribution < -0.4 is 10.5 Å². The summed E-state index contributed by atoms with van der Waals surface area (Å²) in [5.74, 6) is 1.63. The van der Waals surface area contributed by atoms with Crippen LogP contribution in [0.5, 0.6) is 0 Å². The van der Waals surface area contributed by atoms with Gasteiger partial charge in [0.05, 0.1) is 10.5 Å². The van der Waals surface area contributed by atoms with Crippen molar-refractivity contribution in [1.29, 1.82) is 0 Å². The molecule has 2 unspecified atom stereocenters. The van der Waals surface area contributed by atoms with Crippen molar-refractivity contribution >= 4 is 51.7 Å². The van der Waals surface area contributed by atoms with E-state index in [4.69, 9.17) is 17.2 Å². The van der Waals surface area contributed by atoms with E-state index in [0.717, 1.165) is 50.8 Å². The Bertz CT molecular complexity index is 1200. The standard InChI is InChI=1S/C25H30N4O2S2/c1-15-8-9-21-26-22(27-12-16(2)10-17(3)13-27)19(23(30)28(21)14-15)11-20-24(31)29(25(32)33-20)18-6-4-5-7-18/h8-9,11,14,16-18H,4-7,10,12-13H2,1-3H3/b20-11-. The molecule has 2 aromatic heterocycles. The molecule has 2 atom stereocenters. The van der Waals surface area contributed by atoms with Gasteiger partial charge < -0.3 is 4.90 Å². The van der Waals surface area contributed by atoms with Gasteiger partial charge in [-0.05, 0) is 55.7 Å². The third-order valence-corrected chi connectivity index (χ3v) is 8.27. The Morgan fingerprint density at radius 3 is 2.52 bits per heavy atom. The molecule has 174 valence electrons. The van der Waals surface area contributed by atoms with Gasteiger partial charge in [0.15, 0.2) is 0 Å². The van der Waals surface area contributed by atoms with Crippen LogP contribution in [0.2, 0.25) is 0 Å². The number of thiocarbonyl (C=S) groups is 1. The predicted octanol–water partition coefficient (Wildman–Crippen LogP) is 4.63. The van der Waals surface area contributed by atoms with Gasteiger partial charge in [-0.15, -0.1) is 0 Å². The van der Waals surface area contributed by atoms with Crippen LogP contribution in [0.25, 0.3) is 11.7 Å². The maximum atomic E-state index is 13.7. The molecule has 0 spiro atoms. The van der Waals surface area contributed by atoms with E-state index < -0.39 is 0 Å². The second-order valence-electron chi connectivity index (χ2n) is 9.93. The Labute approximate surface area is 204 Å². The molecule has 2 saturated heterocycles. The number of aromatic nitrogens is 2. The first kappa shape index (κ1) is 22.6. The lowest BCUT2D eigenvalue weighted by atomic mass is 9.91. The van der Waals surface area contributed by atoms with Gasteiger partial charge in [0.2, 0.25) is 0 Å². The topological polar surface area (TPSA) is 57.9 Å². The van der Waals surface area contributed by atoms with Crippen molar-refractivity contribution < 1.29 is 4.79 Å². The number of anilines is 1. The van der Waals surface area contributed by atoms with E-state index in [9.17, 15) is 9.59 Å². The second-order valence-corrected chi connectivity index (χ2v) is 11.6. The maximum Gasteiger partial charge on any atom is 0.267 e. The molecule has 1 amide bonds. The molecule has 2 aliphatic heterocycles. The first-order valence-corrected chi connectivity index (χ1v) is 13.1. The molecule has 3 fully saturated rings. The summed E-state index contributed by atoms with van der Waals surface area (Å²) in [4.78, 5) is 36.5. The molecule has 0 radical (unpaired) electrons. The lowest BCUT2D eigenvalue weighted by Crippen LogP contribution is -2.40. The van der Waals surface area contributed by atoms with Crippen LogP contribution in [0, 0.1) is 18.8 Å². The van der Waals surface area contributed by atoms with E-state index in [1.54, 1.807) is 15.4 Å². The first-order chi connectivity index (χ1) is 15.8. The zero-order chi connectivity index (χ0) is 23.3. The number of pyridine rings is 1. The van der Waals surface area contributed by atoms with Gasteiger partial charge in [-0.3, -0.25) is 18.9 Å². The minimum Gasteiger partial charge on any atom is -0.355 e. The van der Waals surface area contributed by atoms with E-state index in [1.165, 1.54) is 11.8 Å². The average molecular weight is 483 g/mol. The fourth-order valence-corrected chi connectivity index (χ4v) is 6.92. The van der Waals surface area contributed by atoms with E-state index in [2.05, 4.69) is 18.7 Å². The number of hydrogen-bond acceptors (Lipinski definition) is 6. The molecule has 0 aromatic carbocycles. The van der Waals surface area contributed by atoms with Crippen molar-refractivity contribution in [3.8, 4) is 0 Å². The van der Waals surface area contributed by atoms with Crippen LogP contribution >= 0.6 is 24.0 Å². The Morgan fingerprint density at radius 1 is 1.12 bits per heavy atom. The number of carbonyl (C=O) groups excluding carboxylic acids is 1. The van der Waals surface area contributed by atoms with E-state index in [0.29, 0.717) is 38.1 Å². The third-order valence-electron chi connectivity index (χ3n) is 6.94. The fraction of sp³-hybridized carbons (Fsp3) is 0.520. The van der Waals surface area contributed by atoms with Crippen molar-refractivity contribution in [2.45, 2.75) is 58.9 Å². The third kappa shape index (κ3) is 4.23. The summed E-state index contributed by atoms with van der Waals surface area (Å²) in [6.07, 6.45) is 8.98. The number of rotatable bonds is 3. The van der Waals surface area contributed by atoms with Crippen molar-refractivity contribution in [2.75, 3.05) is 18.0 Å². The average Bonchev–Trinajstić information content (AvgIpc) is 3.37. The minimum atomic E-state index is -0.143. The van der Waals surface area contributed by atoms with Gasteiger partial charge in [-0.2, -0.15) is 0 Å². The number of amides is 1. The van der Waals surface area contributed by atoms with Gasteiger partial charge in [0.1, 0.15) is 15.8 Å². The Hall–Kier alpha value is -2.19. The molecule has 0 bridgehead atoms.